The first-order valence-corrected chi connectivity index (χ1v) is 14.1. The van der Waals surface area contributed by atoms with E-state index in [0.29, 0.717) is 17.0 Å². The van der Waals surface area contributed by atoms with Gasteiger partial charge < -0.3 is 4.74 Å². The van der Waals surface area contributed by atoms with E-state index in [2.05, 4.69) is 26.5 Å². The van der Waals surface area contributed by atoms with E-state index in [1.54, 1.807) is 49.7 Å². The van der Waals surface area contributed by atoms with Gasteiger partial charge in [-0.15, -0.1) is 0 Å². The van der Waals surface area contributed by atoms with Gasteiger partial charge in [0.05, 0.1) is 30.0 Å². The smallest absolute Gasteiger partial charge is 0.271 e. The molecule has 2 bridgehead atoms. The quantitative estimate of drug-likeness (QED) is 0.187. The van der Waals surface area contributed by atoms with Crippen LogP contribution in [0.3, 0.4) is 0 Å². The number of ether oxygens (including phenoxy) is 1. The number of anilines is 1. The number of carbonyl (C=O) groups excluding carboxylic acids is 3. The van der Waals surface area contributed by atoms with Gasteiger partial charge in [-0.2, -0.15) is 5.10 Å². The van der Waals surface area contributed by atoms with Crippen LogP contribution >= 0.6 is 15.9 Å². The molecule has 0 spiro atoms. The maximum Gasteiger partial charge on any atom is 0.271 e. The van der Waals surface area contributed by atoms with E-state index in [4.69, 9.17) is 4.74 Å². The molecule has 1 heterocycles. The Balaban J connectivity index is 1.37. The highest BCUT2D eigenvalue weighted by Crippen LogP contribution is 2.63. The standard InChI is InChI=1S/C33H24BrN3O4/c1-41-22-16-10-19(11-17-22)30(38)36-35-18-33-25-8-4-2-6-23(25)27(24-7-3-5-9-26(24)33)28-29(33)32(40)37(31(28)39)21-14-12-20(34)13-15-21/h2-18,27-29H,1H3,(H,36,38)/b35-18+/t27?,28-,29+,33?/m0/s1. The van der Waals surface area contributed by atoms with Gasteiger partial charge in [0.1, 0.15) is 5.75 Å². The van der Waals surface area contributed by atoms with Gasteiger partial charge in [0.25, 0.3) is 5.91 Å². The first kappa shape index (κ1) is 25.4. The Labute approximate surface area is 245 Å². The molecule has 1 fully saturated rings. The normalized spacial score (nSPS) is 23.8. The number of rotatable bonds is 5. The summed E-state index contributed by atoms with van der Waals surface area (Å²) in [6, 6.07) is 29.8. The van der Waals surface area contributed by atoms with Crippen LogP contribution in [0.2, 0.25) is 0 Å². The third-order valence-corrected chi connectivity index (χ3v) is 9.08. The highest BCUT2D eigenvalue weighted by Gasteiger charge is 2.68. The van der Waals surface area contributed by atoms with Crippen molar-refractivity contribution in [3.05, 3.63) is 129 Å². The molecule has 7 nitrogen and oxygen atoms in total. The summed E-state index contributed by atoms with van der Waals surface area (Å²) in [5, 5.41) is 4.46. The Morgan fingerprint density at radius 2 is 1.49 bits per heavy atom. The Hall–Kier alpha value is -4.56. The van der Waals surface area contributed by atoms with Crippen molar-refractivity contribution in [2.24, 2.45) is 16.9 Å². The fourth-order valence-electron chi connectivity index (χ4n) is 6.89. The molecule has 4 aromatic carbocycles. The van der Waals surface area contributed by atoms with Gasteiger partial charge in [0.15, 0.2) is 0 Å². The van der Waals surface area contributed by atoms with Crippen LogP contribution in [0.15, 0.2) is 107 Å². The van der Waals surface area contributed by atoms with Crippen molar-refractivity contribution >= 4 is 45.6 Å². The highest BCUT2D eigenvalue weighted by atomic mass is 79.9. The first-order chi connectivity index (χ1) is 20.0. The number of methoxy groups -OCH3 is 1. The van der Waals surface area contributed by atoms with Crippen LogP contribution in [0, 0.1) is 11.8 Å². The minimum atomic E-state index is -1.06. The van der Waals surface area contributed by atoms with Crippen LogP contribution in [-0.2, 0) is 15.0 Å². The van der Waals surface area contributed by atoms with E-state index in [-0.39, 0.29) is 17.7 Å². The molecule has 0 unspecified atom stereocenters. The van der Waals surface area contributed by atoms with Crippen LogP contribution in [0.25, 0.3) is 0 Å². The average Bonchev–Trinajstić information content (AvgIpc) is 3.28. The summed E-state index contributed by atoms with van der Waals surface area (Å²) < 4.78 is 6.04. The lowest BCUT2D eigenvalue weighted by Crippen LogP contribution is -2.54. The number of hydrogen-bond acceptors (Lipinski definition) is 5. The number of halogens is 1. The van der Waals surface area contributed by atoms with E-state index >= 15 is 0 Å². The summed E-state index contributed by atoms with van der Waals surface area (Å²) in [4.78, 5) is 42.9. The molecular weight excluding hydrogens is 582 g/mol. The van der Waals surface area contributed by atoms with Crippen molar-refractivity contribution in [1.29, 1.82) is 0 Å². The molecule has 8 heteroatoms. The van der Waals surface area contributed by atoms with E-state index in [9.17, 15) is 14.4 Å². The van der Waals surface area contributed by atoms with Gasteiger partial charge >= 0.3 is 0 Å². The summed E-state index contributed by atoms with van der Waals surface area (Å²) in [6.45, 7) is 0. The lowest BCUT2D eigenvalue weighted by atomic mass is 9.47. The lowest BCUT2D eigenvalue weighted by molar-refractivity contribution is -0.122. The van der Waals surface area contributed by atoms with E-state index in [1.165, 1.54) is 4.90 Å². The fraction of sp³-hybridized carbons (Fsp3) is 0.152. The summed E-state index contributed by atoms with van der Waals surface area (Å²) in [7, 11) is 1.56. The summed E-state index contributed by atoms with van der Waals surface area (Å²) >= 11 is 3.44. The SMILES string of the molecule is COc1ccc(C(=O)N/N=C/C23c4ccccc4C(c4ccccc42)[C@@H]2C(=O)N(c4ccc(Br)cc4)C(=O)[C@@H]23)cc1. The van der Waals surface area contributed by atoms with Crippen molar-refractivity contribution in [2.45, 2.75) is 11.3 Å². The lowest BCUT2D eigenvalue weighted by Gasteiger charge is -2.52. The summed E-state index contributed by atoms with van der Waals surface area (Å²) in [5.74, 6) is -1.86. The predicted molar refractivity (Wildman–Crippen MR) is 158 cm³/mol. The fourth-order valence-corrected chi connectivity index (χ4v) is 7.16. The van der Waals surface area contributed by atoms with Gasteiger partial charge in [-0.1, -0.05) is 64.5 Å². The second-order valence-electron chi connectivity index (χ2n) is 10.4. The van der Waals surface area contributed by atoms with Gasteiger partial charge in [-0.3, -0.25) is 14.4 Å². The molecule has 8 rings (SSSR count). The number of imide groups is 1. The van der Waals surface area contributed by atoms with Crippen molar-refractivity contribution in [3.8, 4) is 5.75 Å². The number of nitrogens with zero attached hydrogens (tertiary/aromatic N) is 2. The second-order valence-corrected chi connectivity index (χ2v) is 11.4. The number of benzene rings is 4. The largest absolute Gasteiger partial charge is 0.497 e. The molecule has 0 saturated carbocycles. The first-order valence-electron chi connectivity index (χ1n) is 13.3. The molecule has 1 saturated heterocycles. The molecule has 3 amide bonds. The molecule has 3 aliphatic carbocycles. The van der Waals surface area contributed by atoms with Gasteiger partial charge in [-0.25, -0.2) is 10.3 Å². The minimum Gasteiger partial charge on any atom is -0.497 e. The molecule has 41 heavy (non-hydrogen) atoms. The second kappa shape index (κ2) is 9.52. The Morgan fingerprint density at radius 1 is 0.878 bits per heavy atom. The van der Waals surface area contributed by atoms with Crippen LogP contribution in [-0.4, -0.2) is 31.0 Å². The van der Waals surface area contributed by atoms with E-state index in [0.717, 1.165) is 26.7 Å². The molecule has 4 aromatic rings. The maximum atomic E-state index is 14.4. The Kier molecular flexibility index (Phi) is 5.90. The number of hydrogen-bond donors (Lipinski definition) is 1. The minimum absolute atomic E-state index is 0.226. The van der Waals surface area contributed by atoms with Crippen LogP contribution in [0.1, 0.15) is 38.5 Å². The van der Waals surface area contributed by atoms with Crippen molar-refractivity contribution < 1.29 is 19.1 Å². The monoisotopic (exact) mass is 605 g/mol. The number of nitrogens with one attached hydrogen (secondary N) is 1. The van der Waals surface area contributed by atoms with Crippen LogP contribution < -0.4 is 15.1 Å². The Morgan fingerprint density at radius 3 is 2.10 bits per heavy atom. The van der Waals surface area contributed by atoms with Crippen molar-refractivity contribution in [1.82, 2.24) is 5.43 Å². The van der Waals surface area contributed by atoms with Gasteiger partial charge in [0, 0.05) is 22.2 Å². The molecule has 202 valence electrons. The van der Waals surface area contributed by atoms with Crippen LogP contribution in [0.5, 0.6) is 5.75 Å². The van der Waals surface area contributed by atoms with Gasteiger partial charge in [-0.05, 0) is 70.8 Å². The average molecular weight is 606 g/mol. The van der Waals surface area contributed by atoms with E-state index < -0.39 is 23.2 Å². The topological polar surface area (TPSA) is 88.1 Å². The molecule has 1 N–H and O–H groups in total. The Bertz CT molecular complexity index is 1700. The number of amides is 3. The zero-order valence-corrected chi connectivity index (χ0v) is 23.5. The number of carbonyl (C=O) groups is 3. The molecule has 0 radical (unpaired) electrons. The van der Waals surface area contributed by atoms with E-state index in [1.807, 2.05) is 60.7 Å². The number of hydrazone groups is 1. The van der Waals surface area contributed by atoms with Crippen molar-refractivity contribution in [2.75, 3.05) is 12.0 Å². The third-order valence-electron chi connectivity index (χ3n) is 8.56. The van der Waals surface area contributed by atoms with Gasteiger partial charge in [0.2, 0.25) is 11.8 Å². The maximum absolute atomic E-state index is 14.4. The molecule has 4 aliphatic rings. The molecule has 2 atom stereocenters. The van der Waals surface area contributed by atoms with Crippen LogP contribution in [0.4, 0.5) is 5.69 Å². The summed E-state index contributed by atoms with van der Waals surface area (Å²) in [6.07, 6.45) is 1.66. The molecular formula is C33H24BrN3O4. The molecule has 0 aromatic heterocycles. The highest BCUT2D eigenvalue weighted by molar-refractivity contribution is 9.10. The zero-order valence-electron chi connectivity index (χ0n) is 22.0. The molecule has 1 aliphatic heterocycles. The third kappa shape index (κ3) is 3.63. The predicted octanol–water partition coefficient (Wildman–Crippen LogP) is 5.42. The zero-order chi connectivity index (χ0) is 28.3. The summed E-state index contributed by atoms with van der Waals surface area (Å²) in [5.41, 5.74) is 6.38. The van der Waals surface area contributed by atoms with Crippen molar-refractivity contribution in [3.63, 3.8) is 0 Å².